The first kappa shape index (κ1) is 21.6. The van der Waals surface area contributed by atoms with Crippen LogP contribution in [0.4, 0.5) is 0 Å². The number of allylic oxidation sites excluding steroid dienone is 3. The maximum Gasteiger partial charge on any atom is 0.327 e. The quantitative estimate of drug-likeness (QED) is 0.287. The number of carbonyl (C=O) groups excluding carboxylic acids is 1. The number of hydrogen-bond acceptors (Lipinski definition) is 2. The van der Waals surface area contributed by atoms with E-state index in [0.717, 1.165) is 18.9 Å². The first-order chi connectivity index (χ1) is 11.2. The maximum atomic E-state index is 11.4. The van der Waals surface area contributed by atoms with Crippen molar-refractivity contribution >= 4 is 11.8 Å². The molecule has 0 saturated carbocycles. The minimum absolute atomic E-state index is 0.0365. The fourth-order valence-corrected chi connectivity index (χ4v) is 2.49. The number of hydrogen-bond donors (Lipinski definition) is 1. The molecule has 0 aromatic carbocycles. The van der Waals surface area contributed by atoms with Crippen molar-refractivity contribution in [2.24, 2.45) is 0 Å². The molecule has 3 heteroatoms. The van der Waals surface area contributed by atoms with E-state index in [1.165, 1.54) is 70.3 Å². The average molecular weight is 322 g/mol. The van der Waals surface area contributed by atoms with Crippen molar-refractivity contribution in [3.05, 3.63) is 24.3 Å². The fraction of sp³-hybridized carbons (Fsp3) is 0.700. The molecule has 0 spiro atoms. The van der Waals surface area contributed by atoms with Crippen molar-refractivity contribution in [3.63, 3.8) is 0 Å². The van der Waals surface area contributed by atoms with Crippen molar-refractivity contribution in [2.45, 2.75) is 90.4 Å². The molecule has 23 heavy (non-hydrogen) atoms. The fourth-order valence-electron chi connectivity index (χ4n) is 2.49. The zero-order valence-electron chi connectivity index (χ0n) is 14.8. The van der Waals surface area contributed by atoms with Crippen molar-refractivity contribution in [3.8, 4) is 0 Å². The summed E-state index contributed by atoms with van der Waals surface area (Å²) < 4.78 is 0. The molecule has 0 atom stereocenters. The van der Waals surface area contributed by atoms with Crippen LogP contribution in [-0.2, 0) is 9.59 Å². The van der Waals surface area contributed by atoms with Crippen LogP contribution in [0.3, 0.4) is 0 Å². The first-order valence-corrected chi connectivity index (χ1v) is 9.25. The van der Waals surface area contributed by atoms with Gasteiger partial charge in [0.1, 0.15) is 0 Å². The van der Waals surface area contributed by atoms with Gasteiger partial charge in [-0.15, -0.1) is 0 Å². The van der Waals surface area contributed by atoms with E-state index in [-0.39, 0.29) is 12.2 Å². The van der Waals surface area contributed by atoms with E-state index < -0.39 is 5.97 Å². The number of carbonyl (C=O) groups is 2. The lowest BCUT2D eigenvalue weighted by Crippen LogP contribution is -1.91. The van der Waals surface area contributed by atoms with Crippen LogP contribution < -0.4 is 0 Å². The van der Waals surface area contributed by atoms with Gasteiger partial charge in [-0.1, -0.05) is 83.3 Å². The predicted octanol–water partition coefficient (Wildman–Crippen LogP) is 5.84. The minimum atomic E-state index is -1.01. The van der Waals surface area contributed by atoms with Gasteiger partial charge in [-0.2, -0.15) is 0 Å². The summed E-state index contributed by atoms with van der Waals surface area (Å²) in [6.45, 7) is 2.25. The highest BCUT2D eigenvalue weighted by Gasteiger charge is 1.94. The Morgan fingerprint density at radius 3 is 1.78 bits per heavy atom. The Morgan fingerprint density at radius 2 is 1.26 bits per heavy atom. The summed E-state index contributed by atoms with van der Waals surface area (Å²) in [5, 5.41) is 8.41. The largest absolute Gasteiger partial charge is 0.478 e. The molecule has 0 radical (unpaired) electrons. The van der Waals surface area contributed by atoms with Crippen LogP contribution in [0.2, 0.25) is 0 Å². The Balaban J connectivity index is 3.30. The van der Waals surface area contributed by atoms with Crippen LogP contribution in [0.5, 0.6) is 0 Å². The summed E-state index contributed by atoms with van der Waals surface area (Å²) in [7, 11) is 0. The van der Waals surface area contributed by atoms with Gasteiger partial charge in [-0.25, -0.2) is 4.79 Å². The van der Waals surface area contributed by atoms with Gasteiger partial charge < -0.3 is 5.11 Å². The standard InChI is InChI=1S/C20H34O3/c1-2-3-4-5-6-7-8-9-10-11-12-13-14-16-19(21)17-15-18-20(22)23/h14-16,18H,2-13,17H2,1H3,(H,22,23). The molecule has 0 aliphatic carbocycles. The van der Waals surface area contributed by atoms with Gasteiger partial charge in [0.25, 0.3) is 0 Å². The molecule has 1 N–H and O–H groups in total. The molecule has 0 aromatic heterocycles. The molecular formula is C20H34O3. The highest BCUT2D eigenvalue weighted by molar-refractivity contribution is 5.91. The van der Waals surface area contributed by atoms with Crippen LogP contribution in [0.15, 0.2) is 24.3 Å². The Hall–Kier alpha value is -1.38. The van der Waals surface area contributed by atoms with E-state index in [0.29, 0.717) is 0 Å². The van der Waals surface area contributed by atoms with Crippen LogP contribution in [-0.4, -0.2) is 16.9 Å². The topological polar surface area (TPSA) is 54.4 Å². The molecule has 0 saturated heterocycles. The third kappa shape index (κ3) is 18.6. The van der Waals surface area contributed by atoms with Crippen molar-refractivity contribution in [1.29, 1.82) is 0 Å². The second kappa shape index (κ2) is 17.0. The van der Waals surface area contributed by atoms with Crippen LogP contribution in [0, 0.1) is 0 Å². The average Bonchev–Trinajstić information content (AvgIpc) is 2.51. The van der Waals surface area contributed by atoms with Gasteiger partial charge in [0.2, 0.25) is 0 Å². The molecular weight excluding hydrogens is 288 g/mol. The lowest BCUT2D eigenvalue weighted by atomic mass is 10.1. The molecule has 0 aliphatic heterocycles. The molecule has 0 aliphatic rings. The molecule has 0 unspecified atom stereocenters. The molecule has 0 fully saturated rings. The monoisotopic (exact) mass is 322 g/mol. The Morgan fingerprint density at radius 1 is 0.739 bits per heavy atom. The lowest BCUT2D eigenvalue weighted by molar-refractivity contribution is -0.131. The summed E-state index contributed by atoms with van der Waals surface area (Å²) in [6.07, 6.45) is 21.6. The van der Waals surface area contributed by atoms with Crippen molar-refractivity contribution in [2.75, 3.05) is 0 Å². The van der Waals surface area contributed by atoms with Crippen LogP contribution in [0.25, 0.3) is 0 Å². The second-order valence-corrected chi connectivity index (χ2v) is 6.14. The van der Waals surface area contributed by atoms with Gasteiger partial charge >= 0.3 is 5.97 Å². The number of aliphatic carboxylic acids is 1. The SMILES string of the molecule is CCCCCCCCCCCCCC=CC(=O)CC=CC(=O)O. The second-order valence-electron chi connectivity index (χ2n) is 6.14. The van der Waals surface area contributed by atoms with E-state index in [4.69, 9.17) is 5.11 Å². The maximum absolute atomic E-state index is 11.4. The predicted molar refractivity (Wildman–Crippen MR) is 96.6 cm³/mol. The van der Waals surface area contributed by atoms with E-state index in [1.807, 2.05) is 6.08 Å². The summed E-state index contributed by atoms with van der Waals surface area (Å²) in [4.78, 5) is 21.6. The summed E-state index contributed by atoms with van der Waals surface area (Å²) >= 11 is 0. The van der Waals surface area contributed by atoms with E-state index in [1.54, 1.807) is 6.08 Å². The Labute approximate surface area is 141 Å². The zero-order valence-corrected chi connectivity index (χ0v) is 14.8. The minimum Gasteiger partial charge on any atom is -0.478 e. The summed E-state index contributed by atoms with van der Waals surface area (Å²) in [5.41, 5.74) is 0. The van der Waals surface area contributed by atoms with Gasteiger partial charge in [-0.3, -0.25) is 4.79 Å². The van der Waals surface area contributed by atoms with Gasteiger partial charge in [-0.05, 0) is 18.9 Å². The smallest absolute Gasteiger partial charge is 0.327 e. The highest BCUT2D eigenvalue weighted by Crippen LogP contribution is 2.12. The van der Waals surface area contributed by atoms with Gasteiger partial charge in [0.15, 0.2) is 5.78 Å². The molecule has 0 bridgehead atoms. The van der Waals surface area contributed by atoms with E-state index >= 15 is 0 Å². The Bertz CT molecular complexity index is 356. The number of carboxylic acids is 1. The normalized spacial score (nSPS) is 11.5. The highest BCUT2D eigenvalue weighted by atomic mass is 16.4. The molecule has 0 aromatic rings. The van der Waals surface area contributed by atoms with Crippen molar-refractivity contribution in [1.82, 2.24) is 0 Å². The number of ketones is 1. The Kier molecular flexibility index (Phi) is 16.0. The summed E-state index contributed by atoms with van der Waals surface area (Å²) in [6, 6.07) is 0. The van der Waals surface area contributed by atoms with E-state index in [9.17, 15) is 9.59 Å². The molecule has 0 heterocycles. The molecule has 3 nitrogen and oxygen atoms in total. The summed E-state index contributed by atoms with van der Waals surface area (Å²) in [5.74, 6) is -1.05. The number of carboxylic acid groups (broad SMARTS) is 1. The van der Waals surface area contributed by atoms with Crippen LogP contribution in [0.1, 0.15) is 90.4 Å². The lowest BCUT2D eigenvalue weighted by Gasteiger charge is -2.01. The number of unbranched alkanes of at least 4 members (excludes halogenated alkanes) is 11. The first-order valence-electron chi connectivity index (χ1n) is 9.25. The zero-order chi connectivity index (χ0) is 17.2. The third-order valence-corrected chi connectivity index (χ3v) is 3.86. The molecule has 132 valence electrons. The molecule has 0 amide bonds. The van der Waals surface area contributed by atoms with Gasteiger partial charge in [0, 0.05) is 12.5 Å². The van der Waals surface area contributed by atoms with Gasteiger partial charge in [0.05, 0.1) is 0 Å². The molecule has 0 rings (SSSR count). The number of rotatable bonds is 16. The van der Waals surface area contributed by atoms with E-state index in [2.05, 4.69) is 6.92 Å². The van der Waals surface area contributed by atoms with Crippen molar-refractivity contribution < 1.29 is 14.7 Å². The third-order valence-electron chi connectivity index (χ3n) is 3.86. The van der Waals surface area contributed by atoms with Crippen LogP contribution >= 0.6 is 0 Å².